The van der Waals surface area contributed by atoms with Gasteiger partial charge in [0.05, 0.1) is 17.0 Å². The second kappa shape index (κ2) is 5.34. The molecule has 0 amide bonds. The maximum Gasteiger partial charge on any atom is 0.262 e. The third-order valence-electron chi connectivity index (χ3n) is 3.58. The lowest BCUT2D eigenvalue weighted by Gasteiger charge is -2.10. The third-order valence-corrected chi connectivity index (χ3v) is 4.07. The van der Waals surface area contributed by atoms with Crippen LogP contribution < -0.4 is 5.56 Å². The summed E-state index contributed by atoms with van der Waals surface area (Å²) in [6.45, 7) is 2.38. The van der Waals surface area contributed by atoms with Crippen molar-refractivity contribution in [2.24, 2.45) is 0 Å². The molecule has 0 bridgehead atoms. The zero-order chi connectivity index (χ0) is 15.0. The number of aromatic amines is 1. The smallest absolute Gasteiger partial charge is 0.262 e. The number of fused-ring (bicyclic) bond motifs is 3. The molecule has 0 saturated heterocycles. The number of halogens is 1. The summed E-state index contributed by atoms with van der Waals surface area (Å²) in [4.78, 5) is 12.7. The van der Waals surface area contributed by atoms with Crippen LogP contribution in [0.25, 0.3) is 21.8 Å². The van der Waals surface area contributed by atoms with Crippen molar-refractivity contribution in [1.82, 2.24) is 14.8 Å². The second-order valence-corrected chi connectivity index (χ2v) is 5.87. The molecule has 0 radical (unpaired) electrons. The zero-order valence-corrected chi connectivity index (χ0v) is 13.1. The van der Waals surface area contributed by atoms with Gasteiger partial charge in [0.25, 0.3) is 5.56 Å². The minimum atomic E-state index is -0.0518. The van der Waals surface area contributed by atoms with Gasteiger partial charge in [0.15, 0.2) is 0 Å². The molecule has 2 heterocycles. The van der Waals surface area contributed by atoms with Gasteiger partial charge in [-0.2, -0.15) is 10.4 Å². The highest BCUT2D eigenvalue weighted by Gasteiger charge is 2.15. The van der Waals surface area contributed by atoms with Crippen LogP contribution in [-0.4, -0.2) is 14.8 Å². The van der Waals surface area contributed by atoms with Gasteiger partial charge >= 0.3 is 0 Å². The van der Waals surface area contributed by atoms with Crippen molar-refractivity contribution < 1.29 is 0 Å². The average Bonchev–Trinajstić information content (AvgIpc) is 2.85. The first kappa shape index (κ1) is 13.8. The van der Waals surface area contributed by atoms with Crippen LogP contribution in [0.1, 0.15) is 18.5 Å². The van der Waals surface area contributed by atoms with Crippen molar-refractivity contribution in [2.75, 3.05) is 0 Å². The van der Waals surface area contributed by atoms with Gasteiger partial charge in [-0.05, 0) is 31.5 Å². The molecule has 1 N–H and O–H groups in total. The summed E-state index contributed by atoms with van der Waals surface area (Å²) >= 11 is 3.46. The number of aromatic nitrogens is 3. The van der Waals surface area contributed by atoms with Crippen LogP contribution in [0.15, 0.2) is 27.5 Å². The van der Waals surface area contributed by atoms with Gasteiger partial charge in [0.2, 0.25) is 0 Å². The van der Waals surface area contributed by atoms with E-state index < -0.39 is 0 Å². The summed E-state index contributed by atoms with van der Waals surface area (Å²) in [5, 5.41) is 17.4. The van der Waals surface area contributed by atoms with Gasteiger partial charge in [-0.25, -0.2) is 0 Å². The van der Waals surface area contributed by atoms with Crippen LogP contribution in [-0.2, 0) is 6.54 Å². The third kappa shape index (κ3) is 2.24. The Labute approximate surface area is 129 Å². The lowest BCUT2D eigenvalue weighted by molar-refractivity contribution is 0.656. The Hall–Kier alpha value is -2.13. The molecule has 0 aliphatic heterocycles. The number of nitrogens with zero attached hydrogens (tertiary/aromatic N) is 3. The quantitative estimate of drug-likeness (QED) is 0.741. The predicted molar refractivity (Wildman–Crippen MR) is 85.1 cm³/mol. The molecule has 0 spiro atoms. The van der Waals surface area contributed by atoms with Crippen molar-refractivity contribution in [3.05, 3.63) is 38.7 Å². The Balaban J connectivity index is 2.37. The summed E-state index contributed by atoms with van der Waals surface area (Å²) in [7, 11) is 0. The van der Waals surface area contributed by atoms with E-state index in [1.165, 1.54) is 0 Å². The molecule has 0 aliphatic rings. The summed E-state index contributed by atoms with van der Waals surface area (Å²) in [6, 6.07) is 7.91. The minimum absolute atomic E-state index is 0.0518. The Kier molecular flexibility index (Phi) is 3.52. The topological polar surface area (TPSA) is 74.5 Å². The highest BCUT2D eigenvalue weighted by Crippen LogP contribution is 2.26. The standard InChI is InChI=1S/C15H13BrN4O/c1-9-13-14(19-18-9)11-8-10(16)4-5-12(11)20(15(13)21)7-3-2-6-17/h4-5,8H,2-3,7H2,1H3,(H,18,19). The number of nitriles is 1. The molecule has 5 nitrogen and oxygen atoms in total. The first-order valence-corrected chi connectivity index (χ1v) is 7.46. The Bertz CT molecular complexity index is 933. The molecule has 0 aliphatic carbocycles. The molecular weight excluding hydrogens is 332 g/mol. The monoisotopic (exact) mass is 344 g/mol. The molecule has 106 valence electrons. The lowest BCUT2D eigenvalue weighted by atomic mass is 10.1. The normalized spacial score (nSPS) is 11.1. The average molecular weight is 345 g/mol. The Morgan fingerprint density at radius 1 is 1.48 bits per heavy atom. The van der Waals surface area contributed by atoms with Gasteiger partial charge in [-0.3, -0.25) is 9.89 Å². The summed E-state index contributed by atoms with van der Waals surface area (Å²) in [5.41, 5.74) is 2.26. The van der Waals surface area contributed by atoms with Crippen LogP contribution in [0.4, 0.5) is 0 Å². The van der Waals surface area contributed by atoms with E-state index in [0.717, 1.165) is 21.1 Å². The van der Waals surface area contributed by atoms with Crippen LogP contribution in [0.5, 0.6) is 0 Å². The maximum atomic E-state index is 12.7. The van der Waals surface area contributed by atoms with Crippen LogP contribution in [0, 0.1) is 18.3 Å². The minimum Gasteiger partial charge on any atom is -0.308 e. The van der Waals surface area contributed by atoms with E-state index in [-0.39, 0.29) is 5.56 Å². The molecule has 6 heteroatoms. The number of hydrogen-bond donors (Lipinski definition) is 1. The highest BCUT2D eigenvalue weighted by molar-refractivity contribution is 9.10. The largest absolute Gasteiger partial charge is 0.308 e. The Morgan fingerprint density at radius 2 is 2.29 bits per heavy atom. The van der Waals surface area contributed by atoms with Crippen molar-refractivity contribution in [2.45, 2.75) is 26.3 Å². The van der Waals surface area contributed by atoms with E-state index in [1.54, 1.807) is 4.57 Å². The molecule has 0 fully saturated rings. The van der Waals surface area contributed by atoms with Crippen LogP contribution in [0.3, 0.4) is 0 Å². The number of H-pyrrole nitrogens is 1. The van der Waals surface area contributed by atoms with Crippen molar-refractivity contribution >= 4 is 37.7 Å². The van der Waals surface area contributed by atoms with Crippen molar-refractivity contribution in [3.8, 4) is 6.07 Å². The number of pyridine rings is 1. The van der Waals surface area contributed by atoms with Crippen LogP contribution >= 0.6 is 15.9 Å². The van der Waals surface area contributed by atoms with Crippen LogP contribution in [0.2, 0.25) is 0 Å². The molecular formula is C15H13BrN4O. The van der Waals surface area contributed by atoms with Gasteiger partial charge in [-0.15, -0.1) is 0 Å². The SMILES string of the molecule is Cc1[nH]nc2c1c(=O)n(CCCC#N)c1ccc(Br)cc21. The van der Waals surface area contributed by atoms with E-state index >= 15 is 0 Å². The van der Waals surface area contributed by atoms with E-state index in [4.69, 9.17) is 5.26 Å². The molecule has 1 aromatic carbocycles. The summed E-state index contributed by atoms with van der Waals surface area (Å²) in [6.07, 6.45) is 1.09. The molecule has 21 heavy (non-hydrogen) atoms. The fourth-order valence-corrected chi connectivity index (χ4v) is 2.96. The molecule has 3 aromatic rings. The molecule has 2 aromatic heterocycles. The number of benzene rings is 1. The van der Waals surface area contributed by atoms with Crippen molar-refractivity contribution in [1.29, 1.82) is 5.26 Å². The zero-order valence-electron chi connectivity index (χ0n) is 11.5. The second-order valence-electron chi connectivity index (χ2n) is 4.95. The molecule has 0 atom stereocenters. The Morgan fingerprint density at radius 3 is 3.05 bits per heavy atom. The molecule has 0 unspecified atom stereocenters. The number of unbranched alkanes of at least 4 members (excludes halogenated alkanes) is 1. The predicted octanol–water partition coefficient (Wildman–Crippen LogP) is 3.25. The number of aryl methyl sites for hydroxylation is 2. The van der Waals surface area contributed by atoms with E-state index in [1.807, 2.05) is 25.1 Å². The van der Waals surface area contributed by atoms with Gasteiger partial charge in [-0.1, -0.05) is 15.9 Å². The van der Waals surface area contributed by atoms with Gasteiger partial charge in [0, 0.05) is 28.5 Å². The summed E-state index contributed by atoms with van der Waals surface area (Å²) < 4.78 is 2.68. The van der Waals surface area contributed by atoms with E-state index in [2.05, 4.69) is 32.2 Å². The number of nitrogens with one attached hydrogen (secondary N) is 1. The summed E-state index contributed by atoms with van der Waals surface area (Å²) in [5.74, 6) is 0. The van der Waals surface area contributed by atoms with Crippen molar-refractivity contribution in [3.63, 3.8) is 0 Å². The lowest BCUT2D eigenvalue weighted by Crippen LogP contribution is -2.21. The first-order valence-electron chi connectivity index (χ1n) is 6.67. The highest BCUT2D eigenvalue weighted by atomic mass is 79.9. The van der Waals surface area contributed by atoms with Gasteiger partial charge in [0.1, 0.15) is 5.52 Å². The van der Waals surface area contributed by atoms with E-state index in [9.17, 15) is 4.79 Å². The fourth-order valence-electron chi connectivity index (χ4n) is 2.60. The first-order chi connectivity index (χ1) is 10.1. The maximum absolute atomic E-state index is 12.7. The number of hydrogen-bond acceptors (Lipinski definition) is 3. The van der Waals surface area contributed by atoms with E-state index in [0.29, 0.717) is 30.3 Å². The molecule has 3 rings (SSSR count). The molecule has 0 saturated carbocycles. The number of rotatable bonds is 3. The fraction of sp³-hybridized carbons (Fsp3) is 0.267. The van der Waals surface area contributed by atoms with Gasteiger partial charge < -0.3 is 4.57 Å².